The number of aliphatic hydroxyl groups excluding tert-OH is 1. The largest absolute Gasteiger partial charge is 0.387 e. The third-order valence-electron chi connectivity index (χ3n) is 4.71. The lowest BCUT2D eigenvalue weighted by Gasteiger charge is -2.18. The molecular weight excluding hydrogens is 364 g/mol. The SMILES string of the molecule is CC(Cc1ccc(CC2CNCS2)cc1)NCC(O)c1cccc(Cl)c1. The molecule has 0 aromatic heterocycles. The summed E-state index contributed by atoms with van der Waals surface area (Å²) in [5.41, 5.74) is 3.58. The van der Waals surface area contributed by atoms with Crippen LogP contribution in [0.5, 0.6) is 0 Å². The zero-order valence-corrected chi connectivity index (χ0v) is 16.7. The first-order chi connectivity index (χ1) is 12.6. The number of thioether (sulfide) groups is 1. The molecule has 1 aliphatic rings. The van der Waals surface area contributed by atoms with Crippen molar-refractivity contribution < 1.29 is 5.11 Å². The molecule has 26 heavy (non-hydrogen) atoms. The molecule has 3 nitrogen and oxygen atoms in total. The Kier molecular flexibility index (Phi) is 7.41. The minimum absolute atomic E-state index is 0.296. The molecule has 5 heteroatoms. The number of rotatable bonds is 8. The normalized spacial score (nSPS) is 19.4. The Morgan fingerprint density at radius 1 is 1.23 bits per heavy atom. The van der Waals surface area contributed by atoms with E-state index in [0.29, 0.717) is 22.9 Å². The maximum atomic E-state index is 10.3. The minimum atomic E-state index is -0.545. The van der Waals surface area contributed by atoms with Gasteiger partial charge in [-0.15, -0.1) is 11.8 Å². The fraction of sp³-hybridized carbons (Fsp3) is 0.429. The van der Waals surface area contributed by atoms with Crippen molar-refractivity contribution in [2.45, 2.75) is 37.2 Å². The van der Waals surface area contributed by atoms with Gasteiger partial charge in [-0.05, 0) is 48.6 Å². The fourth-order valence-corrected chi connectivity index (χ4v) is 4.45. The zero-order chi connectivity index (χ0) is 18.4. The molecule has 0 saturated carbocycles. The predicted molar refractivity (Wildman–Crippen MR) is 112 cm³/mol. The lowest BCUT2D eigenvalue weighted by atomic mass is 10.0. The highest BCUT2D eigenvalue weighted by Gasteiger charge is 2.15. The molecule has 0 spiro atoms. The van der Waals surface area contributed by atoms with Crippen molar-refractivity contribution in [3.63, 3.8) is 0 Å². The second kappa shape index (κ2) is 9.77. The number of hydrogen-bond donors (Lipinski definition) is 3. The van der Waals surface area contributed by atoms with E-state index in [2.05, 4.69) is 41.8 Å². The third kappa shape index (κ3) is 6.00. The topological polar surface area (TPSA) is 44.3 Å². The first-order valence-corrected chi connectivity index (χ1v) is 10.6. The lowest BCUT2D eigenvalue weighted by Crippen LogP contribution is -2.32. The van der Waals surface area contributed by atoms with E-state index in [9.17, 15) is 5.11 Å². The standard InChI is InChI=1S/C21H27ClN2OS/c1-15(24-13-21(25)18-3-2-4-19(22)11-18)9-16-5-7-17(8-6-16)10-20-12-23-14-26-20/h2-8,11,15,20-21,23-25H,9-10,12-14H2,1H3. The van der Waals surface area contributed by atoms with Crippen LogP contribution in [0.3, 0.4) is 0 Å². The average molecular weight is 391 g/mol. The summed E-state index contributed by atoms with van der Waals surface area (Å²) in [6, 6.07) is 16.7. The van der Waals surface area contributed by atoms with Crippen LogP contribution in [0.15, 0.2) is 48.5 Å². The number of nitrogens with one attached hydrogen (secondary N) is 2. The molecule has 1 saturated heterocycles. The van der Waals surface area contributed by atoms with Gasteiger partial charge in [-0.2, -0.15) is 0 Å². The monoisotopic (exact) mass is 390 g/mol. The molecule has 0 bridgehead atoms. The number of aliphatic hydroxyl groups is 1. The van der Waals surface area contributed by atoms with Crippen molar-refractivity contribution >= 4 is 23.4 Å². The number of benzene rings is 2. The number of hydrogen-bond acceptors (Lipinski definition) is 4. The highest BCUT2D eigenvalue weighted by atomic mass is 35.5. The molecule has 0 aliphatic carbocycles. The van der Waals surface area contributed by atoms with Gasteiger partial charge in [0.2, 0.25) is 0 Å². The summed E-state index contributed by atoms with van der Waals surface area (Å²) >= 11 is 8.00. The summed E-state index contributed by atoms with van der Waals surface area (Å²) in [7, 11) is 0. The van der Waals surface area contributed by atoms with Gasteiger partial charge in [0.15, 0.2) is 0 Å². The maximum Gasteiger partial charge on any atom is 0.0914 e. The maximum absolute atomic E-state index is 10.3. The molecular formula is C21H27ClN2OS. The van der Waals surface area contributed by atoms with Gasteiger partial charge in [0.05, 0.1) is 6.10 Å². The summed E-state index contributed by atoms with van der Waals surface area (Å²) in [5.74, 6) is 1.08. The summed E-state index contributed by atoms with van der Waals surface area (Å²) in [6.07, 6.45) is 1.54. The second-order valence-electron chi connectivity index (χ2n) is 6.99. The predicted octanol–water partition coefficient (Wildman–Crippen LogP) is 3.80. The summed E-state index contributed by atoms with van der Waals surface area (Å²) in [6.45, 7) is 3.78. The molecule has 1 heterocycles. The van der Waals surface area contributed by atoms with Gasteiger partial charge in [-0.25, -0.2) is 0 Å². The van der Waals surface area contributed by atoms with E-state index in [4.69, 9.17) is 11.6 Å². The van der Waals surface area contributed by atoms with E-state index in [0.717, 1.165) is 30.8 Å². The van der Waals surface area contributed by atoms with Crippen LogP contribution in [0.2, 0.25) is 5.02 Å². The molecule has 2 aromatic rings. The second-order valence-corrected chi connectivity index (χ2v) is 8.72. The quantitative estimate of drug-likeness (QED) is 0.641. The molecule has 3 unspecified atom stereocenters. The van der Waals surface area contributed by atoms with Crippen molar-refractivity contribution in [1.29, 1.82) is 0 Å². The van der Waals surface area contributed by atoms with Crippen LogP contribution in [-0.4, -0.2) is 35.4 Å². The molecule has 3 rings (SSSR count). The van der Waals surface area contributed by atoms with Crippen molar-refractivity contribution in [3.8, 4) is 0 Å². The molecule has 140 valence electrons. The van der Waals surface area contributed by atoms with Gasteiger partial charge in [-0.1, -0.05) is 48.0 Å². The molecule has 3 N–H and O–H groups in total. The Bertz CT molecular complexity index is 689. The van der Waals surface area contributed by atoms with E-state index in [1.54, 1.807) is 0 Å². The molecule has 2 aromatic carbocycles. The van der Waals surface area contributed by atoms with Crippen LogP contribution in [-0.2, 0) is 12.8 Å². The van der Waals surface area contributed by atoms with E-state index in [1.807, 2.05) is 36.0 Å². The highest BCUT2D eigenvalue weighted by Crippen LogP contribution is 2.20. The van der Waals surface area contributed by atoms with E-state index >= 15 is 0 Å². The Labute approximate surface area is 165 Å². The Morgan fingerprint density at radius 2 is 2.00 bits per heavy atom. The van der Waals surface area contributed by atoms with Gasteiger partial charge in [0.1, 0.15) is 0 Å². The zero-order valence-electron chi connectivity index (χ0n) is 15.1. The number of halogens is 1. The van der Waals surface area contributed by atoms with Gasteiger partial charge in [0, 0.05) is 35.3 Å². The van der Waals surface area contributed by atoms with E-state index < -0.39 is 6.10 Å². The third-order valence-corrected chi connectivity index (χ3v) is 6.13. The summed E-state index contributed by atoms with van der Waals surface area (Å²) < 4.78 is 0. The van der Waals surface area contributed by atoms with Crippen LogP contribution in [0.1, 0.15) is 29.7 Å². The minimum Gasteiger partial charge on any atom is -0.387 e. The first kappa shape index (κ1) is 19.7. The van der Waals surface area contributed by atoms with Gasteiger partial charge >= 0.3 is 0 Å². The lowest BCUT2D eigenvalue weighted by molar-refractivity contribution is 0.170. The van der Waals surface area contributed by atoms with Gasteiger partial charge in [0.25, 0.3) is 0 Å². The van der Waals surface area contributed by atoms with Crippen molar-refractivity contribution in [2.75, 3.05) is 19.0 Å². The molecule has 3 atom stereocenters. The molecule has 1 aliphatic heterocycles. The van der Waals surface area contributed by atoms with Gasteiger partial charge in [-0.3, -0.25) is 0 Å². The van der Waals surface area contributed by atoms with Gasteiger partial charge < -0.3 is 15.7 Å². The molecule has 0 amide bonds. The van der Waals surface area contributed by atoms with Crippen LogP contribution in [0, 0.1) is 0 Å². The van der Waals surface area contributed by atoms with Crippen LogP contribution >= 0.6 is 23.4 Å². The van der Waals surface area contributed by atoms with Crippen molar-refractivity contribution in [2.24, 2.45) is 0 Å². The summed E-state index contributed by atoms with van der Waals surface area (Å²) in [4.78, 5) is 0. The van der Waals surface area contributed by atoms with Crippen LogP contribution in [0.4, 0.5) is 0 Å². The van der Waals surface area contributed by atoms with Crippen molar-refractivity contribution in [1.82, 2.24) is 10.6 Å². The Balaban J connectivity index is 1.44. The highest BCUT2D eigenvalue weighted by molar-refractivity contribution is 8.00. The Hall–Kier alpha value is -1.04. The smallest absolute Gasteiger partial charge is 0.0914 e. The Morgan fingerprint density at radius 3 is 2.69 bits per heavy atom. The molecule has 1 fully saturated rings. The first-order valence-electron chi connectivity index (χ1n) is 9.17. The van der Waals surface area contributed by atoms with Crippen LogP contribution in [0.25, 0.3) is 0 Å². The van der Waals surface area contributed by atoms with Crippen LogP contribution < -0.4 is 10.6 Å². The van der Waals surface area contributed by atoms with Crippen molar-refractivity contribution in [3.05, 3.63) is 70.2 Å². The van der Waals surface area contributed by atoms with E-state index in [-0.39, 0.29) is 0 Å². The average Bonchev–Trinajstić information content (AvgIpc) is 3.14. The van der Waals surface area contributed by atoms with E-state index in [1.165, 1.54) is 11.1 Å². The fourth-order valence-electron chi connectivity index (χ4n) is 3.23. The summed E-state index contributed by atoms with van der Waals surface area (Å²) in [5, 5.41) is 18.5. The molecule has 0 radical (unpaired) electrons.